The van der Waals surface area contributed by atoms with Crippen molar-refractivity contribution in [2.24, 2.45) is 0 Å². The van der Waals surface area contributed by atoms with Crippen LogP contribution in [0.1, 0.15) is 12.0 Å². The largest absolute Gasteiger partial charge is 0.356 e. The topological polar surface area (TPSA) is 29.1 Å². The van der Waals surface area contributed by atoms with E-state index in [0.717, 1.165) is 16.5 Å². The van der Waals surface area contributed by atoms with Crippen LogP contribution in [0.25, 0.3) is 0 Å². The van der Waals surface area contributed by atoms with E-state index in [-0.39, 0.29) is 5.91 Å². The molecule has 0 heterocycles. The van der Waals surface area contributed by atoms with Crippen molar-refractivity contribution in [1.82, 2.24) is 5.32 Å². The number of hydrogen-bond donors (Lipinski definition) is 1. The number of halogens is 1. The van der Waals surface area contributed by atoms with Gasteiger partial charge in [0.05, 0.1) is 6.42 Å². The average Bonchev–Trinajstić information content (AvgIpc) is 2.18. The molecule has 3 heteroatoms. The Morgan fingerprint density at radius 1 is 1.53 bits per heavy atom. The minimum atomic E-state index is 0.0509. The summed E-state index contributed by atoms with van der Waals surface area (Å²) in [5, 5.41) is 2.83. The molecule has 0 aromatic heterocycles. The Hall–Kier alpha value is -1.09. The Kier molecular flexibility index (Phi) is 5.12. The first-order valence-electron chi connectivity index (χ1n) is 4.84. The highest BCUT2D eigenvalue weighted by molar-refractivity contribution is 9.10. The predicted molar refractivity (Wildman–Crippen MR) is 65.7 cm³/mol. The highest BCUT2D eigenvalue weighted by Crippen LogP contribution is 2.11. The van der Waals surface area contributed by atoms with Crippen LogP contribution in [0.3, 0.4) is 0 Å². The molecule has 0 saturated carbocycles. The van der Waals surface area contributed by atoms with Crippen LogP contribution in [0.4, 0.5) is 0 Å². The van der Waals surface area contributed by atoms with E-state index in [1.807, 2.05) is 24.3 Å². The molecular formula is C12H14BrNO. The highest BCUT2D eigenvalue weighted by atomic mass is 79.9. The molecule has 0 fully saturated rings. The van der Waals surface area contributed by atoms with Crippen LogP contribution < -0.4 is 5.32 Å². The fourth-order valence-corrected chi connectivity index (χ4v) is 1.66. The maximum atomic E-state index is 11.4. The molecule has 1 aromatic carbocycles. The van der Waals surface area contributed by atoms with Crippen molar-refractivity contribution >= 4 is 21.8 Å². The van der Waals surface area contributed by atoms with Gasteiger partial charge in [0.25, 0.3) is 0 Å². The second-order valence-corrected chi connectivity index (χ2v) is 4.15. The van der Waals surface area contributed by atoms with Gasteiger partial charge in [0.15, 0.2) is 0 Å². The van der Waals surface area contributed by atoms with E-state index in [0.29, 0.717) is 13.0 Å². The molecule has 15 heavy (non-hydrogen) atoms. The van der Waals surface area contributed by atoms with Gasteiger partial charge in [-0.3, -0.25) is 4.79 Å². The zero-order chi connectivity index (χ0) is 11.1. The Morgan fingerprint density at radius 2 is 2.33 bits per heavy atom. The van der Waals surface area contributed by atoms with Crippen molar-refractivity contribution in [2.75, 3.05) is 6.54 Å². The van der Waals surface area contributed by atoms with E-state index in [1.165, 1.54) is 0 Å². The first-order chi connectivity index (χ1) is 7.22. The van der Waals surface area contributed by atoms with Crippen molar-refractivity contribution in [2.45, 2.75) is 12.8 Å². The standard InChI is InChI=1S/C12H14BrNO/c1-2-3-7-14-12(15)9-10-5-4-6-11(13)8-10/h2,4-6,8H,1,3,7,9H2,(H,14,15). The molecular weight excluding hydrogens is 254 g/mol. The number of benzene rings is 1. The maximum absolute atomic E-state index is 11.4. The normalized spacial score (nSPS) is 9.67. The van der Waals surface area contributed by atoms with Gasteiger partial charge in [0.2, 0.25) is 5.91 Å². The SMILES string of the molecule is C=CCCNC(=O)Cc1cccc(Br)c1. The third-order valence-corrected chi connectivity index (χ3v) is 2.42. The number of carbonyl (C=O) groups excluding carboxylic acids is 1. The Balaban J connectivity index is 2.40. The summed E-state index contributed by atoms with van der Waals surface area (Å²) in [6.45, 7) is 4.26. The van der Waals surface area contributed by atoms with Gasteiger partial charge in [-0.25, -0.2) is 0 Å². The van der Waals surface area contributed by atoms with Crippen LogP contribution >= 0.6 is 15.9 Å². The molecule has 1 amide bonds. The molecule has 0 bridgehead atoms. The molecule has 0 spiro atoms. The summed E-state index contributed by atoms with van der Waals surface area (Å²) in [6.07, 6.45) is 3.03. The molecule has 0 aliphatic carbocycles. The van der Waals surface area contributed by atoms with Crippen molar-refractivity contribution in [1.29, 1.82) is 0 Å². The fourth-order valence-electron chi connectivity index (χ4n) is 1.21. The molecule has 0 unspecified atom stereocenters. The quantitative estimate of drug-likeness (QED) is 0.645. The van der Waals surface area contributed by atoms with Crippen LogP contribution in [0.15, 0.2) is 41.4 Å². The van der Waals surface area contributed by atoms with Gasteiger partial charge in [-0.05, 0) is 24.1 Å². The van der Waals surface area contributed by atoms with Crippen molar-refractivity contribution in [3.63, 3.8) is 0 Å². The van der Waals surface area contributed by atoms with Gasteiger partial charge in [0, 0.05) is 11.0 Å². The lowest BCUT2D eigenvalue weighted by Crippen LogP contribution is -2.25. The third kappa shape index (κ3) is 4.79. The first-order valence-corrected chi connectivity index (χ1v) is 5.63. The molecule has 2 nitrogen and oxygen atoms in total. The Morgan fingerprint density at radius 3 is 3.00 bits per heavy atom. The molecule has 1 rings (SSSR count). The van der Waals surface area contributed by atoms with E-state index in [9.17, 15) is 4.79 Å². The molecule has 1 N–H and O–H groups in total. The van der Waals surface area contributed by atoms with Crippen molar-refractivity contribution in [3.05, 3.63) is 47.0 Å². The predicted octanol–water partition coefficient (Wildman–Crippen LogP) is 2.68. The zero-order valence-electron chi connectivity index (χ0n) is 8.50. The molecule has 0 saturated heterocycles. The summed E-state index contributed by atoms with van der Waals surface area (Å²) in [6, 6.07) is 7.76. The number of nitrogens with one attached hydrogen (secondary N) is 1. The lowest BCUT2D eigenvalue weighted by molar-refractivity contribution is -0.120. The maximum Gasteiger partial charge on any atom is 0.224 e. The first kappa shape index (κ1) is 12.0. The smallest absolute Gasteiger partial charge is 0.224 e. The third-order valence-electron chi connectivity index (χ3n) is 1.92. The number of amides is 1. The van der Waals surface area contributed by atoms with Gasteiger partial charge in [-0.2, -0.15) is 0 Å². The summed E-state index contributed by atoms with van der Waals surface area (Å²) in [7, 11) is 0. The van der Waals surface area contributed by atoms with Gasteiger partial charge in [0.1, 0.15) is 0 Å². The van der Waals surface area contributed by atoms with Crippen LogP contribution in [-0.2, 0) is 11.2 Å². The van der Waals surface area contributed by atoms with Crippen LogP contribution in [0, 0.1) is 0 Å². The van der Waals surface area contributed by atoms with E-state index >= 15 is 0 Å². The van der Waals surface area contributed by atoms with Crippen LogP contribution in [0.2, 0.25) is 0 Å². The van der Waals surface area contributed by atoms with Crippen LogP contribution in [0.5, 0.6) is 0 Å². The lowest BCUT2D eigenvalue weighted by atomic mass is 10.1. The molecule has 0 atom stereocenters. The van der Waals surface area contributed by atoms with Gasteiger partial charge in [-0.15, -0.1) is 6.58 Å². The Labute approximate surface area is 98.5 Å². The Bertz CT molecular complexity index is 349. The number of carbonyl (C=O) groups is 1. The molecule has 0 aliphatic heterocycles. The van der Waals surface area contributed by atoms with E-state index in [2.05, 4.69) is 27.8 Å². The lowest BCUT2D eigenvalue weighted by Gasteiger charge is -2.03. The highest BCUT2D eigenvalue weighted by Gasteiger charge is 2.02. The summed E-state index contributed by atoms with van der Waals surface area (Å²) in [4.78, 5) is 11.4. The van der Waals surface area contributed by atoms with E-state index in [1.54, 1.807) is 6.08 Å². The molecule has 80 valence electrons. The van der Waals surface area contributed by atoms with Crippen LogP contribution in [-0.4, -0.2) is 12.5 Å². The second-order valence-electron chi connectivity index (χ2n) is 3.23. The molecule has 1 aromatic rings. The average molecular weight is 268 g/mol. The summed E-state index contributed by atoms with van der Waals surface area (Å²) in [5.41, 5.74) is 1.01. The monoisotopic (exact) mass is 267 g/mol. The van der Waals surface area contributed by atoms with E-state index in [4.69, 9.17) is 0 Å². The minimum absolute atomic E-state index is 0.0509. The number of hydrogen-bond acceptors (Lipinski definition) is 1. The molecule has 0 aliphatic rings. The van der Waals surface area contributed by atoms with Crippen molar-refractivity contribution in [3.8, 4) is 0 Å². The summed E-state index contributed by atoms with van der Waals surface area (Å²) >= 11 is 3.37. The zero-order valence-corrected chi connectivity index (χ0v) is 10.1. The van der Waals surface area contributed by atoms with E-state index < -0.39 is 0 Å². The minimum Gasteiger partial charge on any atom is -0.356 e. The van der Waals surface area contributed by atoms with Crippen molar-refractivity contribution < 1.29 is 4.79 Å². The summed E-state index contributed by atoms with van der Waals surface area (Å²) in [5.74, 6) is 0.0509. The van der Waals surface area contributed by atoms with Gasteiger partial charge >= 0.3 is 0 Å². The fraction of sp³-hybridized carbons (Fsp3) is 0.250. The van der Waals surface area contributed by atoms with Gasteiger partial charge in [-0.1, -0.05) is 34.1 Å². The number of rotatable bonds is 5. The molecule has 0 radical (unpaired) electrons. The van der Waals surface area contributed by atoms with Gasteiger partial charge < -0.3 is 5.32 Å². The second kappa shape index (κ2) is 6.40. The summed E-state index contributed by atoms with van der Waals surface area (Å²) < 4.78 is 0.999.